The van der Waals surface area contributed by atoms with Gasteiger partial charge in [-0.2, -0.15) is 0 Å². The number of hydrogen-bond donors (Lipinski definition) is 1. The molecule has 0 spiro atoms. The highest BCUT2D eigenvalue weighted by molar-refractivity contribution is 5.70. The highest BCUT2D eigenvalue weighted by Gasteiger charge is 2.30. The van der Waals surface area contributed by atoms with Gasteiger partial charge >= 0.3 is 5.97 Å². The SMILES string of the molecule is Cc1cccc(C(c2ccncc2C)N2CCC(C(=O)O)CC2)c1. The molecule has 0 aliphatic carbocycles. The molecule has 2 aromatic rings. The maximum atomic E-state index is 11.2. The third kappa shape index (κ3) is 3.49. The molecule has 126 valence electrons. The molecule has 1 unspecified atom stereocenters. The quantitative estimate of drug-likeness (QED) is 0.934. The number of hydrogen-bond acceptors (Lipinski definition) is 3. The number of benzene rings is 1. The van der Waals surface area contributed by atoms with E-state index in [0.29, 0.717) is 12.8 Å². The molecule has 0 amide bonds. The summed E-state index contributed by atoms with van der Waals surface area (Å²) >= 11 is 0. The molecule has 1 fully saturated rings. The summed E-state index contributed by atoms with van der Waals surface area (Å²) in [6, 6.07) is 10.8. The molecule has 1 atom stereocenters. The fourth-order valence-corrected chi connectivity index (χ4v) is 3.62. The number of carboxylic acids is 1. The lowest BCUT2D eigenvalue weighted by Gasteiger charge is -2.37. The van der Waals surface area contributed by atoms with E-state index in [1.54, 1.807) is 0 Å². The van der Waals surface area contributed by atoms with Gasteiger partial charge in [0.25, 0.3) is 0 Å². The van der Waals surface area contributed by atoms with E-state index in [1.165, 1.54) is 22.3 Å². The summed E-state index contributed by atoms with van der Waals surface area (Å²) in [7, 11) is 0. The van der Waals surface area contributed by atoms with Crippen LogP contribution in [0.25, 0.3) is 0 Å². The molecule has 1 aromatic heterocycles. The first kappa shape index (κ1) is 16.7. The van der Waals surface area contributed by atoms with Gasteiger partial charge in [0.2, 0.25) is 0 Å². The van der Waals surface area contributed by atoms with Crippen molar-refractivity contribution < 1.29 is 9.90 Å². The van der Waals surface area contributed by atoms with Crippen LogP contribution in [-0.4, -0.2) is 34.0 Å². The van der Waals surface area contributed by atoms with Crippen LogP contribution in [0.5, 0.6) is 0 Å². The number of likely N-dealkylation sites (tertiary alicyclic amines) is 1. The van der Waals surface area contributed by atoms with Crippen molar-refractivity contribution in [3.63, 3.8) is 0 Å². The maximum absolute atomic E-state index is 11.2. The monoisotopic (exact) mass is 324 g/mol. The number of aromatic nitrogens is 1. The van der Waals surface area contributed by atoms with Crippen molar-refractivity contribution in [3.8, 4) is 0 Å². The summed E-state index contributed by atoms with van der Waals surface area (Å²) in [6.45, 7) is 5.81. The number of pyridine rings is 1. The summed E-state index contributed by atoms with van der Waals surface area (Å²) in [5.41, 5.74) is 4.93. The van der Waals surface area contributed by atoms with Gasteiger partial charge in [0.05, 0.1) is 12.0 Å². The molecule has 1 aliphatic heterocycles. The second-order valence-electron chi connectivity index (χ2n) is 6.70. The van der Waals surface area contributed by atoms with Gasteiger partial charge in [0.15, 0.2) is 0 Å². The molecule has 1 aliphatic rings. The fourth-order valence-electron chi connectivity index (χ4n) is 3.62. The minimum Gasteiger partial charge on any atom is -0.481 e. The number of piperidine rings is 1. The number of carbonyl (C=O) groups is 1. The van der Waals surface area contributed by atoms with Crippen molar-refractivity contribution in [2.45, 2.75) is 32.7 Å². The topological polar surface area (TPSA) is 53.4 Å². The normalized spacial score (nSPS) is 17.6. The molecule has 1 saturated heterocycles. The van der Waals surface area contributed by atoms with E-state index < -0.39 is 5.97 Å². The lowest BCUT2D eigenvalue weighted by atomic mass is 9.90. The zero-order valence-electron chi connectivity index (χ0n) is 14.3. The minimum absolute atomic E-state index is 0.155. The van der Waals surface area contributed by atoms with Gasteiger partial charge in [0.1, 0.15) is 0 Å². The van der Waals surface area contributed by atoms with E-state index >= 15 is 0 Å². The van der Waals surface area contributed by atoms with E-state index in [-0.39, 0.29) is 12.0 Å². The fraction of sp³-hybridized carbons (Fsp3) is 0.400. The molecule has 0 bridgehead atoms. The Morgan fingerprint density at radius 3 is 2.62 bits per heavy atom. The summed E-state index contributed by atoms with van der Waals surface area (Å²) in [4.78, 5) is 17.9. The molecule has 0 radical (unpaired) electrons. The first-order chi connectivity index (χ1) is 11.6. The van der Waals surface area contributed by atoms with Crippen molar-refractivity contribution in [1.29, 1.82) is 0 Å². The van der Waals surface area contributed by atoms with Crippen LogP contribution in [-0.2, 0) is 4.79 Å². The summed E-state index contributed by atoms with van der Waals surface area (Å²) in [5, 5.41) is 9.25. The number of carboxylic acid groups (broad SMARTS) is 1. The Hall–Kier alpha value is -2.20. The predicted molar refractivity (Wildman–Crippen MR) is 93.9 cm³/mol. The number of rotatable bonds is 4. The van der Waals surface area contributed by atoms with Gasteiger partial charge in [-0.25, -0.2) is 0 Å². The number of aryl methyl sites for hydroxylation is 2. The third-order valence-corrected chi connectivity index (χ3v) is 4.96. The zero-order valence-corrected chi connectivity index (χ0v) is 14.3. The molecule has 0 saturated carbocycles. The van der Waals surface area contributed by atoms with Crippen LogP contribution in [0.15, 0.2) is 42.7 Å². The van der Waals surface area contributed by atoms with E-state index in [1.807, 2.05) is 12.4 Å². The van der Waals surface area contributed by atoms with Gasteiger partial charge < -0.3 is 5.11 Å². The first-order valence-electron chi connectivity index (χ1n) is 8.50. The van der Waals surface area contributed by atoms with E-state index in [4.69, 9.17) is 0 Å². The van der Waals surface area contributed by atoms with Crippen LogP contribution in [0.3, 0.4) is 0 Å². The van der Waals surface area contributed by atoms with Crippen molar-refractivity contribution >= 4 is 5.97 Å². The summed E-state index contributed by atoms with van der Waals surface area (Å²) < 4.78 is 0. The lowest BCUT2D eigenvalue weighted by Crippen LogP contribution is -2.39. The van der Waals surface area contributed by atoms with Gasteiger partial charge in [0, 0.05) is 12.4 Å². The van der Waals surface area contributed by atoms with Crippen molar-refractivity contribution in [2.24, 2.45) is 5.92 Å². The van der Waals surface area contributed by atoms with Crippen molar-refractivity contribution in [3.05, 3.63) is 65.0 Å². The zero-order chi connectivity index (χ0) is 17.1. The van der Waals surface area contributed by atoms with Gasteiger partial charge in [-0.1, -0.05) is 29.8 Å². The van der Waals surface area contributed by atoms with Crippen LogP contribution in [0.2, 0.25) is 0 Å². The molecule has 4 heteroatoms. The van der Waals surface area contributed by atoms with E-state index in [9.17, 15) is 9.90 Å². The first-order valence-corrected chi connectivity index (χ1v) is 8.50. The largest absolute Gasteiger partial charge is 0.481 e. The van der Waals surface area contributed by atoms with E-state index in [0.717, 1.165) is 13.1 Å². The number of nitrogens with zero attached hydrogens (tertiary/aromatic N) is 2. The minimum atomic E-state index is -0.665. The van der Waals surface area contributed by atoms with Gasteiger partial charge in [-0.3, -0.25) is 14.7 Å². The summed E-state index contributed by atoms with van der Waals surface area (Å²) in [5.74, 6) is -0.875. The van der Waals surface area contributed by atoms with Crippen LogP contribution < -0.4 is 0 Å². The van der Waals surface area contributed by atoms with Crippen LogP contribution in [0.4, 0.5) is 0 Å². The Labute approximate surface area is 143 Å². The van der Waals surface area contributed by atoms with Gasteiger partial charge in [-0.15, -0.1) is 0 Å². The Kier molecular flexibility index (Phi) is 4.95. The smallest absolute Gasteiger partial charge is 0.306 e. The molecular formula is C20H24N2O2. The molecular weight excluding hydrogens is 300 g/mol. The Bertz CT molecular complexity index is 721. The average Bonchev–Trinajstić information content (AvgIpc) is 2.57. The molecule has 4 nitrogen and oxygen atoms in total. The molecule has 24 heavy (non-hydrogen) atoms. The number of aliphatic carboxylic acids is 1. The Balaban J connectivity index is 1.95. The summed E-state index contributed by atoms with van der Waals surface area (Å²) in [6.07, 6.45) is 5.17. The van der Waals surface area contributed by atoms with Crippen molar-refractivity contribution in [1.82, 2.24) is 9.88 Å². The molecule has 1 aromatic carbocycles. The van der Waals surface area contributed by atoms with Crippen molar-refractivity contribution in [2.75, 3.05) is 13.1 Å². The highest BCUT2D eigenvalue weighted by Crippen LogP contribution is 2.34. The van der Waals surface area contributed by atoms with Crippen LogP contribution >= 0.6 is 0 Å². The average molecular weight is 324 g/mol. The molecule has 3 rings (SSSR count). The second-order valence-corrected chi connectivity index (χ2v) is 6.70. The highest BCUT2D eigenvalue weighted by atomic mass is 16.4. The Morgan fingerprint density at radius 2 is 2.00 bits per heavy atom. The second kappa shape index (κ2) is 7.14. The van der Waals surface area contributed by atoms with Crippen LogP contribution in [0.1, 0.15) is 41.1 Å². The Morgan fingerprint density at radius 1 is 1.25 bits per heavy atom. The molecule has 2 heterocycles. The lowest BCUT2D eigenvalue weighted by molar-refractivity contribution is -0.143. The maximum Gasteiger partial charge on any atom is 0.306 e. The standard InChI is InChI=1S/C20H24N2O2/c1-14-4-3-5-17(12-14)19(18-6-9-21-13-15(18)2)22-10-7-16(8-11-22)20(23)24/h3-6,9,12-13,16,19H,7-8,10-11H2,1-2H3,(H,23,24). The van der Waals surface area contributed by atoms with Crippen LogP contribution in [0, 0.1) is 19.8 Å². The third-order valence-electron chi connectivity index (χ3n) is 4.96. The van der Waals surface area contributed by atoms with E-state index in [2.05, 4.69) is 54.1 Å². The van der Waals surface area contributed by atoms with Gasteiger partial charge in [-0.05, 0) is 62.5 Å². The molecule has 1 N–H and O–H groups in total. The predicted octanol–water partition coefficient (Wildman–Crippen LogP) is 3.58.